The van der Waals surface area contributed by atoms with E-state index < -0.39 is 0 Å². The van der Waals surface area contributed by atoms with Crippen LogP contribution in [0.1, 0.15) is 30.3 Å². The van der Waals surface area contributed by atoms with Crippen molar-refractivity contribution in [2.45, 2.75) is 31.9 Å². The summed E-state index contributed by atoms with van der Waals surface area (Å²) < 4.78 is 7.67. The summed E-state index contributed by atoms with van der Waals surface area (Å²) in [5.74, 6) is 0.160. The van der Waals surface area contributed by atoms with Gasteiger partial charge in [0.05, 0.1) is 12.7 Å². The van der Waals surface area contributed by atoms with Crippen LogP contribution in [-0.4, -0.2) is 65.2 Å². The lowest BCUT2D eigenvalue weighted by molar-refractivity contribution is -0.0424. The van der Waals surface area contributed by atoms with Gasteiger partial charge in [0.15, 0.2) is 0 Å². The first kappa shape index (κ1) is 16.6. The molecular weight excluding hydrogens is 314 g/mol. The monoisotopic (exact) mass is 341 g/mol. The second kappa shape index (κ2) is 6.81. The Morgan fingerprint density at radius 2 is 1.92 bits per heavy atom. The van der Waals surface area contributed by atoms with E-state index in [4.69, 9.17) is 4.74 Å². The highest BCUT2D eigenvalue weighted by Crippen LogP contribution is 2.23. The predicted octanol–water partition coefficient (Wildman–Crippen LogP) is 2.50. The molecule has 1 aromatic carbocycles. The number of hydrogen-bond donors (Lipinski definition) is 0. The quantitative estimate of drug-likeness (QED) is 0.842. The van der Waals surface area contributed by atoms with Crippen LogP contribution < -0.4 is 0 Å². The highest BCUT2D eigenvalue weighted by atomic mass is 16.5. The van der Waals surface area contributed by atoms with Crippen molar-refractivity contribution < 1.29 is 9.53 Å². The summed E-state index contributed by atoms with van der Waals surface area (Å²) in [6.45, 7) is 6.70. The van der Waals surface area contributed by atoms with E-state index in [0.717, 1.165) is 62.2 Å². The van der Waals surface area contributed by atoms with Crippen LogP contribution in [-0.2, 0) is 11.8 Å². The van der Waals surface area contributed by atoms with Gasteiger partial charge in [0, 0.05) is 50.2 Å². The third kappa shape index (κ3) is 3.18. The number of likely N-dealkylation sites (tertiary alicyclic amines) is 1. The van der Waals surface area contributed by atoms with Gasteiger partial charge >= 0.3 is 0 Å². The van der Waals surface area contributed by atoms with Gasteiger partial charge in [-0.15, -0.1) is 0 Å². The van der Waals surface area contributed by atoms with Gasteiger partial charge in [-0.05, 0) is 31.9 Å². The number of piperidine rings is 1. The van der Waals surface area contributed by atoms with Crippen LogP contribution in [0.4, 0.5) is 0 Å². The van der Waals surface area contributed by atoms with E-state index in [0.29, 0.717) is 12.1 Å². The predicted molar refractivity (Wildman–Crippen MR) is 98.8 cm³/mol. The van der Waals surface area contributed by atoms with E-state index >= 15 is 0 Å². The molecule has 3 heterocycles. The Morgan fingerprint density at radius 1 is 1.16 bits per heavy atom. The molecule has 0 saturated carbocycles. The fraction of sp³-hybridized carbons (Fsp3) is 0.550. The van der Waals surface area contributed by atoms with E-state index in [-0.39, 0.29) is 5.91 Å². The minimum Gasteiger partial charge on any atom is -0.376 e. The van der Waals surface area contributed by atoms with Gasteiger partial charge in [-0.1, -0.05) is 18.2 Å². The topological polar surface area (TPSA) is 37.7 Å². The molecule has 5 heteroatoms. The number of fused-ring (bicyclic) bond motifs is 1. The number of aromatic nitrogens is 1. The van der Waals surface area contributed by atoms with Gasteiger partial charge in [0.25, 0.3) is 5.91 Å². The molecule has 1 aromatic heterocycles. The third-order valence-corrected chi connectivity index (χ3v) is 5.71. The molecule has 0 N–H and O–H groups in total. The molecule has 4 rings (SSSR count). The van der Waals surface area contributed by atoms with E-state index in [9.17, 15) is 4.79 Å². The average molecular weight is 341 g/mol. The summed E-state index contributed by atoms with van der Waals surface area (Å²) in [6, 6.07) is 10.8. The number of aryl methyl sites for hydroxylation is 1. The summed E-state index contributed by atoms with van der Waals surface area (Å²) >= 11 is 0. The molecule has 1 amide bonds. The van der Waals surface area contributed by atoms with Crippen LogP contribution in [0.3, 0.4) is 0 Å². The first-order chi connectivity index (χ1) is 12.1. The van der Waals surface area contributed by atoms with Crippen LogP contribution in [0.2, 0.25) is 0 Å². The van der Waals surface area contributed by atoms with Crippen molar-refractivity contribution in [3.8, 4) is 0 Å². The molecule has 134 valence electrons. The molecule has 2 aromatic rings. The van der Waals surface area contributed by atoms with Gasteiger partial charge < -0.3 is 14.2 Å². The summed E-state index contributed by atoms with van der Waals surface area (Å²) in [5, 5.41) is 1.13. The fourth-order valence-electron chi connectivity index (χ4n) is 4.27. The molecule has 0 radical (unpaired) electrons. The number of benzene rings is 1. The molecule has 25 heavy (non-hydrogen) atoms. The van der Waals surface area contributed by atoms with Crippen molar-refractivity contribution in [1.29, 1.82) is 0 Å². The number of ether oxygens (including phenoxy) is 1. The zero-order chi connectivity index (χ0) is 17.4. The third-order valence-electron chi connectivity index (χ3n) is 5.71. The minimum atomic E-state index is 0.160. The van der Waals surface area contributed by atoms with Gasteiger partial charge in [-0.25, -0.2) is 0 Å². The molecular formula is C20H27N3O2. The van der Waals surface area contributed by atoms with E-state index in [1.807, 2.05) is 34.7 Å². The molecule has 0 aliphatic carbocycles. The Bertz CT molecular complexity index is 761. The number of para-hydroxylation sites is 1. The second-order valence-corrected chi connectivity index (χ2v) is 7.35. The number of nitrogens with zero attached hydrogens (tertiary/aromatic N) is 3. The standard InChI is InChI=1S/C20H27N3O2/c1-15-14-23(11-12-25-15)17-7-9-22(10-8-17)20(24)19-13-16-5-3-4-6-18(16)21(19)2/h3-6,13,15,17H,7-12,14H2,1-2H3/t15-/m0/s1. The SMILES string of the molecule is C[C@H]1CN(C2CCN(C(=O)c3cc4ccccc4n3C)CC2)CCO1. The van der Waals surface area contributed by atoms with Crippen molar-refractivity contribution in [3.63, 3.8) is 0 Å². The molecule has 2 aliphatic heterocycles. The van der Waals surface area contributed by atoms with Gasteiger partial charge in [-0.3, -0.25) is 9.69 Å². The largest absolute Gasteiger partial charge is 0.376 e. The lowest BCUT2D eigenvalue weighted by atomic mass is 10.0. The first-order valence-electron chi connectivity index (χ1n) is 9.33. The summed E-state index contributed by atoms with van der Waals surface area (Å²) in [7, 11) is 1.98. The minimum absolute atomic E-state index is 0.160. The lowest BCUT2D eigenvalue weighted by Gasteiger charge is -2.41. The van der Waals surface area contributed by atoms with Crippen molar-refractivity contribution in [2.24, 2.45) is 7.05 Å². The highest BCUT2D eigenvalue weighted by Gasteiger charge is 2.30. The molecule has 2 fully saturated rings. The molecule has 0 unspecified atom stereocenters. The van der Waals surface area contributed by atoms with Crippen LogP contribution in [0.25, 0.3) is 10.9 Å². The smallest absolute Gasteiger partial charge is 0.270 e. The highest BCUT2D eigenvalue weighted by molar-refractivity contribution is 5.98. The maximum Gasteiger partial charge on any atom is 0.270 e. The average Bonchev–Trinajstić information content (AvgIpc) is 2.98. The Hall–Kier alpha value is -1.85. The van der Waals surface area contributed by atoms with Crippen LogP contribution in [0, 0.1) is 0 Å². The normalized spacial score (nSPS) is 23.3. The maximum absolute atomic E-state index is 13.0. The summed E-state index contributed by atoms with van der Waals surface area (Å²) in [5.41, 5.74) is 1.91. The number of morpholine rings is 1. The first-order valence-corrected chi connectivity index (χ1v) is 9.33. The number of hydrogen-bond acceptors (Lipinski definition) is 3. The van der Waals surface area contributed by atoms with Crippen molar-refractivity contribution >= 4 is 16.8 Å². The second-order valence-electron chi connectivity index (χ2n) is 7.35. The van der Waals surface area contributed by atoms with Crippen molar-refractivity contribution in [3.05, 3.63) is 36.0 Å². The maximum atomic E-state index is 13.0. The van der Waals surface area contributed by atoms with Crippen molar-refractivity contribution in [1.82, 2.24) is 14.4 Å². The van der Waals surface area contributed by atoms with Gasteiger partial charge in [0.2, 0.25) is 0 Å². The fourth-order valence-corrected chi connectivity index (χ4v) is 4.27. The number of amides is 1. The number of rotatable bonds is 2. The molecule has 2 aliphatic rings. The number of carbonyl (C=O) groups is 1. The zero-order valence-corrected chi connectivity index (χ0v) is 15.1. The Kier molecular flexibility index (Phi) is 4.52. The molecule has 1 atom stereocenters. The van der Waals surface area contributed by atoms with E-state index in [1.54, 1.807) is 0 Å². The Morgan fingerprint density at radius 3 is 2.64 bits per heavy atom. The summed E-state index contributed by atoms with van der Waals surface area (Å²) in [4.78, 5) is 17.6. The lowest BCUT2D eigenvalue weighted by Crippen LogP contribution is -2.51. The molecule has 2 saturated heterocycles. The van der Waals surface area contributed by atoms with Gasteiger partial charge in [0.1, 0.15) is 5.69 Å². The Labute approximate surface area is 149 Å². The summed E-state index contributed by atoms with van der Waals surface area (Å²) in [6.07, 6.45) is 2.44. The molecule has 0 spiro atoms. The van der Waals surface area contributed by atoms with E-state index in [1.165, 1.54) is 0 Å². The Balaban J connectivity index is 1.43. The zero-order valence-electron chi connectivity index (χ0n) is 15.1. The molecule has 5 nitrogen and oxygen atoms in total. The van der Waals surface area contributed by atoms with E-state index in [2.05, 4.69) is 24.0 Å². The number of carbonyl (C=O) groups excluding carboxylic acids is 1. The molecule has 0 bridgehead atoms. The van der Waals surface area contributed by atoms with Crippen molar-refractivity contribution in [2.75, 3.05) is 32.8 Å². The van der Waals surface area contributed by atoms with Gasteiger partial charge in [-0.2, -0.15) is 0 Å². The van der Waals surface area contributed by atoms with Crippen LogP contribution >= 0.6 is 0 Å². The van der Waals surface area contributed by atoms with Crippen LogP contribution in [0.5, 0.6) is 0 Å². The van der Waals surface area contributed by atoms with Crippen LogP contribution in [0.15, 0.2) is 30.3 Å².